The van der Waals surface area contributed by atoms with Gasteiger partial charge in [0.25, 0.3) is 10.0 Å². The van der Waals surface area contributed by atoms with Gasteiger partial charge in [0.05, 0.1) is 17.8 Å². The van der Waals surface area contributed by atoms with Gasteiger partial charge < -0.3 is 5.32 Å². The van der Waals surface area contributed by atoms with Crippen LogP contribution in [0.5, 0.6) is 0 Å². The number of aromatic nitrogens is 4. The summed E-state index contributed by atoms with van der Waals surface area (Å²) in [7, 11) is -3.52. The van der Waals surface area contributed by atoms with Crippen LogP contribution in [-0.4, -0.2) is 51.9 Å². The van der Waals surface area contributed by atoms with Crippen LogP contribution in [-0.2, 0) is 21.2 Å². The Morgan fingerprint density at radius 2 is 2.00 bits per heavy atom. The lowest BCUT2D eigenvalue weighted by atomic mass is 10.2. The van der Waals surface area contributed by atoms with Gasteiger partial charge in [-0.15, -0.1) is 16.4 Å². The lowest BCUT2D eigenvalue weighted by molar-refractivity contribution is -0.115. The van der Waals surface area contributed by atoms with Crippen LogP contribution in [0.15, 0.2) is 34.5 Å². The Bertz CT molecular complexity index is 1180. The molecule has 0 bridgehead atoms. The van der Waals surface area contributed by atoms with E-state index in [0.29, 0.717) is 29.5 Å². The molecule has 1 N–H and O–H groups in total. The highest BCUT2D eigenvalue weighted by Gasteiger charge is 2.28. The number of rotatable bonds is 6. The summed E-state index contributed by atoms with van der Waals surface area (Å²) in [6, 6.07) is 7.29. The third-order valence-corrected chi connectivity index (χ3v) is 8.18. The average molecular weight is 451 g/mol. The highest BCUT2D eigenvalue weighted by Crippen LogP contribution is 2.28. The number of nitrogens with zero attached hydrogens (tertiary/aromatic N) is 5. The highest BCUT2D eigenvalue weighted by molar-refractivity contribution is 7.91. The van der Waals surface area contributed by atoms with E-state index in [4.69, 9.17) is 0 Å². The third kappa shape index (κ3) is 4.11. The number of carbonyl (C=O) groups excluding carboxylic acids is 1. The number of amides is 1. The maximum absolute atomic E-state index is 14.2. The summed E-state index contributed by atoms with van der Waals surface area (Å²) in [5.41, 5.74) is 0.498. The van der Waals surface area contributed by atoms with E-state index in [1.165, 1.54) is 33.3 Å². The van der Waals surface area contributed by atoms with E-state index in [1.807, 2.05) is 0 Å². The molecule has 4 rings (SSSR count). The number of aryl methyl sites for hydroxylation is 1. The zero-order valence-electron chi connectivity index (χ0n) is 16.1. The number of anilines is 1. The van der Waals surface area contributed by atoms with Crippen LogP contribution in [0.2, 0.25) is 0 Å². The Hall–Kier alpha value is -2.70. The van der Waals surface area contributed by atoms with Crippen molar-refractivity contribution in [3.63, 3.8) is 0 Å². The van der Waals surface area contributed by atoms with Gasteiger partial charge in [-0.25, -0.2) is 12.8 Å². The first-order chi connectivity index (χ1) is 14.3. The number of sulfonamides is 1. The Morgan fingerprint density at radius 1 is 1.23 bits per heavy atom. The van der Waals surface area contributed by atoms with Gasteiger partial charge in [-0.2, -0.15) is 8.99 Å². The molecule has 12 heteroatoms. The molecule has 1 fully saturated rings. The van der Waals surface area contributed by atoms with E-state index in [-0.39, 0.29) is 16.3 Å². The second-order valence-corrected chi connectivity index (χ2v) is 10.2. The normalized spacial score (nSPS) is 14.9. The van der Waals surface area contributed by atoms with Crippen LogP contribution < -0.4 is 5.32 Å². The molecule has 158 valence electrons. The van der Waals surface area contributed by atoms with Crippen LogP contribution in [0.1, 0.15) is 23.5 Å². The van der Waals surface area contributed by atoms with Crippen molar-refractivity contribution in [2.24, 2.45) is 0 Å². The van der Waals surface area contributed by atoms with E-state index in [2.05, 4.69) is 20.8 Å². The monoisotopic (exact) mass is 450 g/mol. The lowest BCUT2D eigenvalue weighted by Gasteiger charge is -2.13. The molecule has 30 heavy (non-hydrogen) atoms. The highest BCUT2D eigenvalue weighted by atomic mass is 32.2. The Labute approximate surface area is 176 Å². The molecule has 3 aromatic rings. The molecular formula is C18H19FN6O3S2. The first-order valence-electron chi connectivity index (χ1n) is 9.28. The van der Waals surface area contributed by atoms with Crippen LogP contribution in [0.3, 0.4) is 0 Å². The van der Waals surface area contributed by atoms with Gasteiger partial charge >= 0.3 is 0 Å². The van der Waals surface area contributed by atoms with Crippen LogP contribution >= 0.6 is 11.3 Å². The van der Waals surface area contributed by atoms with Crippen LogP contribution in [0.25, 0.3) is 5.69 Å². The zero-order chi connectivity index (χ0) is 21.3. The molecule has 0 aliphatic carbocycles. The molecule has 1 aliphatic rings. The predicted molar refractivity (Wildman–Crippen MR) is 108 cm³/mol. The largest absolute Gasteiger partial charge is 0.323 e. The summed E-state index contributed by atoms with van der Waals surface area (Å²) in [5.74, 6) is -0.531. The second-order valence-electron chi connectivity index (χ2n) is 6.86. The number of tetrazole rings is 1. The van der Waals surface area contributed by atoms with Gasteiger partial charge in [0.2, 0.25) is 5.91 Å². The second kappa shape index (κ2) is 8.20. The maximum atomic E-state index is 14.2. The minimum Gasteiger partial charge on any atom is -0.323 e. The summed E-state index contributed by atoms with van der Waals surface area (Å²) < 4.78 is 42.5. The fourth-order valence-corrected chi connectivity index (χ4v) is 6.24. The fraction of sp³-hybridized carbons (Fsp3) is 0.333. The Kier molecular flexibility index (Phi) is 5.62. The molecule has 0 saturated carbocycles. The number of halogens is 1. The molecule has 0 spiro atoms. The first-order valence-corrected chi connectivity index (χ1v) is 11.5. The predicted octanol–water partition coefficient (Wildman–Crippen LogP) is 2.14. The Balaban J connectivity index is 1.47. The summed E-state index contributed by atoms with van der Waals surface area (Å²) >= 11 is 1.06. The van der Waals surface area contributed by atoms with Gasteiger partial charge in [-0.1, -0.05) is 0 Å². The van der Waals surface area contributed by atoms with Crippen molar-refractivity contribution in [1.82, 2.24) is 24.5 Å². The fourth-order valence-electron chi connectivity index (χ4n) is 3.21. The van der Waals surface area contributed by atoms with Crippen molar-refractivity contribution in [2.75, 3.05) is 18.4 Å². The van der Waals surface area contributed by atoms with Crippen molar-refractivity contribution in [1.29, 1.82) is 0 Å². The lowest BCUT2D eigenvalue weighted by Crippen LogP contribution is -2.27. The van der Waals surface area contributed by atoms with Gasteiger partial charge in [-0.05, 0) is 60.5 Å². The number of hydrogen-bond donors (Lipinski definition) is 1. The van der Waals surface area contributed by atoms with Crippen LogP contribution in [0, 0.1) is 12.7 Å². The topological polar surface area (TPSA) is 110 Å². The average Bonchev–Trinajstić information content (AvgIpc) is 3.45. The van der Waals surface area contributed by atoms with E-state index in [1.54, 1.807) is 13.0 Å². The standard InChI is InChI=1S/C18H19FN6O3S2/c1-12-21-22-23-25(12)13-4-6-15(19)16(10-13)20-17(26)11-14-5-7-18(29-14)30(27,28)24-8-2-3-9-24/h4-7,10H,2-3,8-9,11H2,1H3,(H,20,26). The van der Waals surface area contributed by atoms with Gasteiger partial charge in [-0.3, -0.25) is 4.79 Å². The smallest absolute Gasteiger partial charge is 0.252 e. The molecule has 3 heterocycles. The molecule has 2 aromatic heterocycles. The number of nitrogens with one attached hydrogen (secondary N) is 1. The van der Waals surface area contributed by atoms with Crippen molar-refractivity contribution >= 4 is 33.0 Å². The van der Waals surface area contributed by atoms with E-state index < -0.39 is 21.7 Å². The SMILES string of the molecule is Cc1nnnn1-c1ccc(F)c(NC(=O)Cc2ccc(S(=O)(=O)N3CCCC3)s2)c1. The minimum atomic E-state index is -3.52. The molecule has 1 saturated heterocycles. The number of carbonyl (C=O) groups is 1. The molecule has 0 unspecified atom stereocenters. The van der Waals surface area contributed by atoms with Crippen molar-refractivity contribution in [2.45, 2.75) is 30.4 Å². The maximum Gasteiger partial charge on any atom is 0.252 e. The summed E-state index contributed by atoms with van der Waals surface area (Å²) in [6.45, 7) is 2.74. The zero-order valence-corrected chi connectivity index (χ0v) is 17.7. The van der Waals surface area contributed by atoms with Crippen molar-refractivity contribution in [3.05, 3.63) is 46.9 Å². The van der Waals surface area contributed by atoms with E-state index in [9.17, 15) is 17.6 Å². The molecule has 1 aromatic carbocycles. The molecule has 0 radical (unpaired) electrons. The van der Waals surface area contributed by atoms with Crippen molar-refractivity contribution < 1.29 is 17.6 Å². The molecule has 0 atom stereocenters. The molecule has 9 nitrogen and oxygen atoms in total. The molecule has 1 amide bonds. The Morgan fingerprint density at radius 3 is 2.70 bits per heavy atom. The van der Waals surface area contributed by atoms with Gasteiger partial charge in [0.1, 0.15) is 10.0 Å². The van der Waals surface area contributed by atoms with Crippen molar-refractivity contribution in [3.8, 4) is 5.69 Å². The van der Waals surface area contributed by atoms with Gasteiger partial charge in [0.15, 0.2) is 5.82 Å². The number of thiophene rings is 1. The molecular weight excluding hydrogens is 431 g/mol. The van der Waals surface area contributed by atoms with Gasteiger partial charge in [0, 0.05) is 18.0 Å². The number of benzene rings is 1. The van der Waals surface area contributed by atoms with Crippen LogP contribution in [0.4, 0.5) is 10.1 Å². The quantitative estimate of drug-likeness (QED) is 0.616. The summed E-state index contributed by atoms with van der Waals surface area (Å²) in [6.07, 6.45) is 1.65. The molecule has 1 aliphatic heterocycles. The summed E-state index contributed by atoms with van der Waals surface area (Å²) in [5, 5.41) is 13.7. The van der Waals surface area contributed by atoms with E-state index in [0.717, 1.165) is 24.2 Å². The first kappa shape index (κ1) is 20.6. The summed E-state index contributed by atoms with van der Waals surface area (Å²) in [4.78, 5) is 13.0. The van der Waals surface area contributed by atoms with E-state index >= 15 is 0 Å². The third-order valence-electron chi connectivity index (χ3n) is 4.72. The number of hydrogen-bond acceptors (Lipinski definition) is 7. The minimum absolute atomic E-state index is 0.00568.